The molecule has 0 N–H and O–H groups in total. The second-order valence-electron chi connectivity index (χ2n) is 22.1. The summed E-state index contributed by atoms with van der Waals surface area (Å²) in [5.41, 5.74) is 26.5. The molecule has 0 saturated carbocycles. The maximum Gasteiger partial charge on any atom is 0.0495 e. The van der Waals surface area contributed by atoms with Gasteiger partial charge in [0.2, 0.25) is 0 Å². The highest BCUT2D eigenvalue weighted by Crippen LogP contribution is 2.62. The molecule has 15 rings (SSSR count). The fourth-order valence-corrected chi connectivity index (χ4v) is 14.2. The zero-order valence-electron chi connectivity index (χ0n) is 40.6. The Morgan fingerprint density at radius 2 is 0.565 bits per heavy atom. The minimum atomic E-state index is -0.216. The Labute approximate surface area is 403 Å². The fraction of sp³-hybridized carbons (Fsp3) is 0.164. The first kappa shape index (κ1) is 39.3. The van der Waals surface area contributed by atoms with Crippen LogP contribution in [0, 0.1) is 0 Å². The number of aromatic nitrogens is 2. The van der Waals surface area contributed by atoms with E-state index in [9.17, 15) is 0 Å². The quantitative estimate of drug-likeness (QED) is 0.164. The molecule has 10 aromatic carbocycles. The van der Waals surface area contributed by atoms with Gasteiger partial charge in [-0.05, 0) is 171 Å². The molecule has 0 unspecified atom stereocenters. The van der Waals surface area contributed by atoms with Crippen LogP contribution in [0.2, 0.25) is 0 Å². The molecule has 0 spiro atoms. The van der Waals surface area contributed by atoms with Gasteiger partial charge in [-0.3, -0.25) is 0 Å². The third-order valence-electron chi connectivity index (χ3n) is 17.7. The largest absolute Gasteiger partial charge is 0.344 e. The second kappa shape index (κ2) is 12.9. The van der Waals surface area contributed by atoms with E-state index in [1.807, 2.05) is 0 Å². The van der Waals surface area contributed by atoms with Crippen LogP contribution < -0.4 is 0 Å². The maximum atomic E-state index is 2.61. The van der Waals surface area contributed by atoms with E-state index >= 15 is 0 Å². The van der Waals surface area contributed by atoms with Gasteiger partial charge in [0.05, 0.1) is 0 Å². The summed E-state index contributed by atoms with van der Waals surface area (Å²) in [6, 6.07) is 65.4. The highest BCUT2D eigenvalue weighted by molar-refractivity contribution is 6.21. The summed E-state index contributed by atoms with van der Waals surface area (Å²) in [5, 5.41) is 10.6. The van der Waals surface area contributed by atoms with Crippen LogP contribution in [-0.2, 0) is 30.3 Å². The van der Waals surface area contributed by atoms with Gasteiger partial charge in [-0.25, -0.2) is 0 Å². The molecule has 330 valence electrons. The molecule has 3 aliphatic carbocycles. The zero-order chi connectivity index (χ0) is 46.6. The van der Waals surface area contributed by atoms with Crippen LogP contribution in [0.5, 0.6) is 0 Å². The van der Waals surface area contributed by atoms with Crippen LogP contribution in [0.1, 0.15) is 74.9 Å². The molecule has 0 radical (unpaired) electrons. The van der Waals surface area contributed by atoms with Gasteiger partial charge in [0.15, 0.2) is 0 Å². The predicted molar refractivity (Wildman–Crippen MR) is 293 cm³/mol. The highest BCUT2D eigenvalue weighted by atomic mass is 14.9. The Kier molecular flexibility index (Phi) is 7.35. The number of fused-ring (bicyclic) bond motifs is 19. The molecule has 2 heterocycles. The van der Waals surface area contributed by atoms with Crippen molar-refractivity contribution in [3.63, 3.8) is 0 Å². The Bertz CT molecular complexity index is 4070. The second-order valence-corrected chi connectivity index (χ2v) is 22.1. The van der Waals surface area contributed by atoms with Crippen molar-refractivity contribution in [2.24, 2.45) is 14.1 Å². The maximum absolute atomic E-state index is 2.61. The van der Waals surface area contributed by atoms with Gasteiger partial charge >= 0.3 is 0 Å². The zero-order valence-corrected chi connectivity index (χ0v) is 40.6. The summed E-state index contributed by atoms with van der Waals surface area (Å²) < 4.78 is 4.71. The number of rotatable bonds is 2. The van der Waals surface area contributed by atoms with E-state index in [1.54, 1.807) is 0 Å². The van der Waals surface area contributed by atoms with E-state index in [4.69, 9.17) is 0 Å². The molecule has 69 heavy (non-hydrogen) atoms. The third-order valence-corrected chi connectivity index (χ3v) is 17.7. The molecule has 2 heteroatoms. The number of nitrogens with zero attached hydrogens (tertiary/aromatic N) is 2. The highest BCUT2D eigenvalue weighted by Gasteiger charge is 2.46. The van der Waals surface area contributed by atoms with E-state index in [0.29, 0.717) is 0 Å². The topological polar surface area (TPSA) is 9.86 Å². The lowest BCUT2D eigenvalue weighted by molar-refractivity contribution is 0.649. The Hall–Kier alpha value is -7.68. The first-order valence-electron chi connectivity index (χ1n) is 24.8. The summed E-state index contributed by atoms with van der Waals surface area (Å²) >= 11 is 0. The predicted octanol–water partition coefficient (Wildman–Crippen LogP) is 17.5. The SMILES string of the molecule is Cn1c2ccccc2c2c(-c3cc4c(c5ccccc35)-c3cc5c(cc3C4(C)C)-c3cc4c(cc3C5(C)C)-c3c(cc(-c5cccc6c5c5ccccc5n6C)c5ccccc35)C4(C)C)cccc21. The monoisotopic (exact) mass is 884 g/mol. The van der Waals surface area contributed by atoms with E-state index in [0.717, 1.165) is 0 Å². The Morgan fingerprint density at radius 1 is 0.261 bits per heavy atom. The van der Waals surface area contributed by atoms with Crippen molar-refractivity contribution in [2.45, 2.75) is 57.8 Å². The van der Waals surface area contributed by atoms with Crippen LogP contribution in [-0.4, -0.2) is 9.13 Å². The Morgan fingerprint density at radius 3 is 0.986 bits per heavy atom. The number of hydrogen-bond acceptors (Lipinski definition) is 0. The molecule has 0 aliphatic heterocycles. The standard InChI is InChI=1S/C67H52N2/c1-65(2)51-35-49-53(66(3,4)55-31-45(37-19-9-11-21-39(37)61(49)55)41-25-17-29-59-63(41)43-23-13-15-27-57(43)68(59)7)33-47(51)48-34-54-50(36-52(48)65)62-40-22-12-10-20-38(40)46(32-56(62)67(54,5)6)42-26-18-30-60-64(42)44-24-14-16-28-58(44)69(60)8/h9-36H,1-8H3. The van der Waals surface area contributed by atoms with Gasteiger partial charge in [-0.15, -0.1) is 0 Å². The van der Waals surface area contributed by atoms with Gasteiger partial charge in [0, 0.05) is 74.0 Å². The fourth-order valence-electron chi connectivity index (χ4n) is 14.2. The van der Waals surface area contributed by atoms with Crippen LogP contribution in [0.4, 0.5) is 0 Å². The van der Waals surface area contributed by atoms with Crippen molar-refractivity contribution in [3.05, 3.63) is 203 Å². The van der Waals surface area contributed by atoms with Crippen molar-refractivity contribution in [1.29, 1.82) is 0 Å². The lowest BCUT2D eigenvalue weighted by atomic mass is 9.78. The molecular formula is C67H52N2. The number of para-hydroxylation sites is 2. The average molecular weight is 885 g/mol. The normalized spacial score (nSPS) is 15.6. The molecule has 2 aromatic heterocycles. The smallest absolute Gasteiger partial charge is 0.0495 e. The first-order chi connectivity index (χ1) is 33.4. The number of benzene rings is 10. The molecule has 0 amide bonds. The van der Waals surface area contributed by atoms with Gasteiger partial charge in [0.25, 0.3) is 0 Å². The van der Waals surface area contributed by atoms with Gasteiger partial charge in [-0.2, -0.15) is 0 Å². The minimum Gasteiger partial charge on any atom is -0.344 e. The van der Waals surface area contributed by atoms with E-state index < -0.39 is 0 Å². The summed E-state index contributed by atoms with van der Waals surface area (Å²) in [6.07, 6.45) is 0. The van der Waals surface area contributed by atoms with Crippen LogP contribution in [0.15, 0.2) is 170 Å². The molecule has 2 nitrogen and oxygen atoms in total. The average Bonchev–Trinajstić information content (AvgIpc) is 4.05. The molecule has 3 aliphatic rings. The minimum absolute atomic E-state index is 0.200. The summed E-state index contributed by atoms with van der Waals surface area (Å²) in [7, 11) is 4.41. The van der Waals surface area contributed by atoms with E-state index in [1.165, 1.54) is 154 Å². The molecule has 0 atom stereocenters. The molecular weight excluding hydrogens is 833 g/mol. The van der Waals surface area contributed by atoms with E-state index in [2.05, 4.69) is 235 Å². The van der Waals surface area contributed by atoms with E-state index in [-0.39, 0.29) is 16.2 Å². The number of aryl methyl sites for hydroxylation is 2. The lowest BCUT2D eigenvalue weighted by Crippen LogP contribution is -2.17. The molecule has 0 bridgehead atoms. The van der Waals surface area contributed by atoms with Crippen LogP contribution >= 0.6 is 0 Å². The number of hydrogen-bond donors (Lipinski definition) is 0. The Balaban J connectivity index is 0.921. The molecule has 12 aromatic rings. The summed E-state index contributed by atoms with van der Waals surface area (Å²) in [4.78, 5) is 0. The lowest BCUT2D eigenvalue weighted by Gasteiger charge is -2.25. The molecule has 0 saturated heterocycles. The first-order valence-corrected chi connectivity index (χ1v) is 24.8. The van der Waals surface area contributed by atoms with Crippen LogP contribution in [0.3, 0.4) is 0 Å². The van der Waals surface area contributed by atoms with Crippen molar-refractivity contribution < 1.29 is 0 Å². The summed E-state index contributed by atoms with van der Waals surface area (Å²) in [6.45, 7) is 14.8. The van der Waals surface area contributed by atoms with Crippen molar-refractivity contribution in [1.82, 2.24) is 9.13 Å². The third kappa shape index (κ3) is 4.73. The van der Waals surface area contributed by atoms with Gasteiger partial charge in [-0.1, -0.05) is 151 Å². The van der Waals surface area contributed by atoms with Crippen LogP contribution in [0.25, 0.3) is 121 Å². The van der Waals surface area contributed by atoms with Gasteiger partial charge < -0.3 is 9.13 Å². The van der Waals surface area contributed by atoms with Crippen molar-refractivity contribution in [2.75, 3.05) is 0 Å². The summed E-state index contributed by atoms with van der Waals surface area (Å²) in [5.74, 6) is 0. The van der Waals surface area contributed by atoms with Crippen molar-refractivity contribution >= 4 is 65.2 Å². The van der Waals surface area contributed by atoms with Gasteiger partial charge in [0.1, 0.15) is 0 Å². The van der Waals surface area contributed by atoms with Crippen molar-refractivity contribution in [3.8, 4) is 55.6 Å². The molecule has 0 fully saturated rings.